The van der Waals surface area contributed by atoms with E-state index in [-0.39, 0.29) is 17.5 Å². The molecule has 6 rings (SSSR count). The minimum atomic E-state index is -0.185. The number of hydrogen-bond acceptors (Lipinski definition) is 6. The number of ether oxygens (including phenoxy) is 3. The van der Waals surface area contributed by atoms with Crippen molar-refractivity contribution in [1.82, 2.24) is 4.90 Å². The first-order chi connectivity index (χ1) is 16.1. The molecule has 2 aromatic rings. The molecule has 0 bridgehead atoms. The molecule has 2 aromatic carbocycles. The zero-order valence-corrected chi connectivity index (χ0v) is 18.7. The molecule has 6 nitrogen and oxygen atoms in total. The zero-order chi connectivity index (χ0) is 22.5. The number of ketones is 1. The quantitative estimate of drug-likeness (QED) is 0.731. The summed E-state index contributed by atoms with van der Waals surface area (Å²) in [4.78, 5) is 15.5. The van der Waals surface area contributed by atoms with E-state index in [1.54, 1.807) is 13.2 Å². The Morgan fingerprint density at radius 2 is 1.85 bits per heavy atom. The minimum absolute atomic E-state index is 0.0957. The lowest BCUT2D eigenvalue weighted by atomic mass is 9.77. The molecular weight excluding hydrogens is 418 g/mol. The van der Waals surface area contributed by atoms with Gasteiger partial charge in [-0.2, -0.15) is 0 Å². The van der Waals surface area contributed by atoms with Gasteiger partial charge in [0.2, 0.25) is 0 Å². The maximum atomic E-state index is 13.2. The fourth-order valence-electron chi connectivity index (χ4n) is 5.53. The fourth-order valence-corrected chi connectivity index (χ4v) is 5.53. The topological polar surface area (TPSA) is 68.2 Å². The van der Waals surface area contributed by atoms with Crippen molar-refractivity contribution in [3.05, 3.63) is 64.4 Å². The first-order valence-corrected chi connectivity index (χ1v) is 11.7. The van der Waals surface area contributed by atoms with Crippen LogP contribution in [0.2, 0.25) is 0 Å². The SMILES string of the molecule is COc1cc(C2C=C3c4cc5c(cc4CCN3C3=C2C(=O)CCC3)OCCCO5)ccc1O. The van der Waals surface area contributed by atoms with Gasteiger partial charge in [-0.25, -0.2) is 0 Å². The summed E-state index contributed by atoms with van der Waals surface area (Å²) < 4.78 is 17.3. The van der Waals surface area contributed by atoms with Gasteiger partial charge < -0.3 is 24.2 Å². The number of nitrogens with zero attached hydrogens (tertiary/aromatic N) is 1. The van der Waals surface area contributed by atoms with Crippen LogP contribution in [0.1, 0.15) is 48.3 Å². The molecule has 1 unspecified atom stereocenters. The molecule has 0 aromatic heterocycles. The lowest BCUT2D eigenvalue weighted by Crippen LogP contribution is -2.36. The molecule has 170 valence electrons. The number of carbonyl (C=O) groups is 1. The van der Waals surface area contributed by atoms with E-state index in [1.807, 2.05) is 12.1 Å². The Morgan fingerprint density at radius 1 is 1.03 bits per heavy atom. The first kappa shape index (κ1) is 20.2. The Kier molecular flexibility index (Phi) is 4.82. The predicted molar refractivity (Wildman–Crippen MR) is 124 cm³/mol. The smallest absolute Gasteiger partial charge is 0.161 e. The summed E-state index contributed by atoms with van der Waals surface area (Å²) in [6.45, 7) is 2.16. The van der Waals surface area contributed by atoms with Crippen LogP contribution in [0.5, 0.6) is 23.0 Å². The van der Waals surface area contributed by atoms with Crippen molar-refractivity contribution < 1.29 is 24.1 Å². The number of allylic oxidation sites excluding steroid dienone is 3. The van der Waals surface area contributed by atoms with Gasteiger partial charge in [-0.05, 0) is 60.7 Å². The summed E-state index contributed by atoms with van der Waals surface area (Å²) in [6, 6.07) is 9.62. The number of benzene rings is 2. The highest BCUT2D eigenvalue weighted by atomic mass is 16.5. The second kappa shape index (κ2) is 7.87. The van der Waals surface area contributed by atoms with Gasteiger partial charge in [0.15, 0.2) is 28.8 Å². The maximum absolute atomic E-state index is 13.2. The molecular formula is C27H27NO5. The van der Waals surface area contributed by atoms with Gasteiger partial charge in [-0.1, -0.05) is 6.07 Å². The number of carbonyl (C=O) groups excluding carboxylic acids is 1. The summed E-state index contributed by atoms with van der Waals surface area (Å²) in [6.07, 6.45) is 6.32. The average Bonchev–Trinajstić information content (AvgIpc) is 3.07. The Labute approximate surface area is 193 Å². The Balaban J connectivity index is 1.52. The van der Waals surface area contributed by atoms with Crippen molar-refractivity contribution >= 4 is 11.5 Å². The number of phenolic OH excluding ortho intramolecular Hbond substituents is 1. The van der Waals surface area contributed by atoms with E-state index in [2.05, 4.69) is 23.1 Å². The lowest BCUT2D eigenvalue weighted by Gasteiger charge is -2.43. The average molecular weight is 446 g/mol. The van der Waals surface area contributed by atoms with E-state index >= 15 is 0 Å². The van der Waals surface area contributed by atoms with Crippen LogP contribution in [0.4, 0.5) is 0 Å². The second-order valence-corrected chi connectivity index (χ2v) is 9.01. The van der Waals surface area contributed by atoms with E-state index < -0.39 is 0 Å². The van der Waals surface area contributed by atoms with Crippen molar-refractivity contribution in [1.29, 1.82) is 0 Å². The van der Waals surface area contributed by atoms with Gasteiger partial charge in [0.25, 0.3) is 0 Å². The van der Waals surface area contributed by atoms with E-state index in [0.717, 1.165) is 71.8 Å². The number of methoxy groups -OCH3 is 1. The highest BCUT2D eigenvalue weighted by Gasteiger charge is 2.38. The number of fused-ring (bicyclic) bond motifs is 5. The zero-order valence-electron chi connectivity index (χ0n) is 18.7. The first-order valence-electron chi connectivity index (χ1n) is 11.7. The van der Waals surface area contributed by atoms with Crippen LogP contribution in [0.15, 0.2) is 47.7 Å². The van der Waals surface area contributed by atoms with E-state index in [4.69, 9.17) is 14.2 Å². The predicted octanol–water partition coefficient (Wildman–Crippen LogP) is 4.57. The third kappa shape index (κ3) is 3.27. The molecule has 0 saturated carbocycles. The number of hydrogen-bond donors (Lipinski definition) is 1. The van der Waals surface area contributed by atoms with Crippen LogP contribution in [-0.4, -0.2) is 42.7 Å². The fraction of sp³-hybridized carbons (Fsp3) is 0.370. The molecule has 0 fully saturated rings. The highest BCUT2D eigenvalue weighted by Crippen LogP contribution is 2.49. The molecule has 33 heavy (non-hydrogen) atoms. The normalized spacial score (nSPS) is 21.5. The van der Waals surface area contributed by atoms with Crippen LogP contribution in [-0.2, 0) is 11.2 Å². The molecule has 0 amide bonds. The standard InChI is InChI=1S/C27H27NO5/c1-31-24-12-16(6-7-22(24)29)19-14-21-18-15-26-25(32-10-3-11-33-26)13-17(18)8-9-28(21)20-4-2-5-23(30)27(19)20/h6-7,12-15,19,29H,2-5,8-11H2,1H3. The van der Waals surface area contributed by atoms with Gasteiger partial charge >= 0.3 is 0 Å². The van der Waals surface area contributed by atoms with Crippen molar-refractivity contribution in [3.8, 4) is 23.0 Å². The van der Waals surface area contributed by atoms with Crippen LogP contribution in [0, 0.1) is 0 Å². The summed E-state index contributed by atoms with van der Waals surface area (Å²) in [5.41, 5.74) is 6.48. The minimum Gasteiger partial charge on any atom is -0.504 e. The van der Waals surface area contributed by atoms with Gasteiger partial charge in [-0.3, -0.25) is 4.79 Å². The molecule has 3 aliphatic heterocycles. The van der Waals surface area contributed by atoms with Crippen molar-refractivity contribution in [2.24, 2.45) is 0 Å². The number of rotatable bonds is 2. The maximum Gasteiger partial charge on any atom is 0.161 e. The summed E-state index contributed by atoms with van der Waals surface area (Å²) in [5.74, 6) is 2.15. The molecule has 4 aliphatic rings. The molecule has 6 heteroatoms. The number of phenols is 1. The Morgan fingerprint density at radius 3 is 2.67 bits per heavy atom. The van der Waals surface area contributed by atoms with Crippen LogP contribution in [0.25, 0.3) is 5.70 Å². The van der Waals surface area contributed by atoms with Crippen molar-refractivity contribution in [2.45, 2.75) is 38.0 Å². The summed E-state index contributed by atoms with van der Waals surface area (Å²) in [7, 11) is 1.54. The van der Waals surface area contributed by atoms with E-state index in [9.17, 15) is 9.90 Å². The molecule has 1 atom stereocenters. The van der Waals surface area contributed by atoms with Crippen LogP contribution >= 0.6 is 0 Å². The van der Waals surface area contributed by atoms with Gasteiger partial charge in [-0.15, -0.1) is 0 Å². The largest absolute Gasteiger partial charge is 0.504 e. The molecule has 0 saturated heterocycles. The van der Waals surface area contributed by atoms with Crippen molar-refractivity contribution in [2.75, 3.05) is 26.9 Å². The van der Waals surface area contributed by atoms with Crippen LogP contribution < -0.4 is 14.2 Å². The molecule has 0 radical (unpaired) electrons. The van der Waals surface area contributed by atoms with Crippen molar-refractivity contribution in [3.63, 3.8) is 0 Å². The second-order valence-electron chi connectivity index (χ2n) is 9.01. The monoisotopic (exact) mass is 445 g/mol. The van der Waals surface area contributed by atoms with Gasteiger partial charge in [0.1, 0.15) is 0 Å². The summed E-state index contributed by atoms with van der Waals surface area (Å²) >= 11 is 0. The summed E-state index contributed by atoms with van der Waals surface area (Å²) in [5, 5.41) is 10.1. The van der Waals surface area contributed by atoms with Gasteiger partial charge in [0.05, 0.1) is 20.3 Å². The number of aromatic hydroxyl groups is 1. The third-order valence-electron chi connectivity index (χ3n) is 7.10. The molecule has 3 heterocycles. The third-order valence-corrected chi connectivity index (χ3v) is 7.10. The van der Waals surface area contributed by atoms with Crippen LogP contribution in [0.3, 0.4) is 0 Å². The lowest BCUT2D eigenvalue weighted by molar-refractivity contribution is -0.116. The van der Waals surface area contributed by atoms with E-state index in [0.29, 0.717) is 25.4 Å². The Bertz CT molecular complexity index is 1210. The molecule has 1 aliphatic carbocycles. The van der Waals surface area contributed by atoms with Gasteiger partial charge in [0, 0.05) is 47.8 Å². The molecule has 0 spiro atoms. The molecule has 1 N–H and O–H groups in total. The number of Topliss-reactive ketones (excluding diaryl/α,β-unsaturated/α-hetero) is 1. The van der Waals surface area contributed by atoms with E-state index in [1.165, 1.54) is 5.56 Å². The highest BCUT2D eigenvalue weighted by molar-refractivity contribution is 6.00. The Hall–Kier alpha value is -3.41.